The lowest BCUT2D eigenvalue weighted by molar-refractivity contribution is 0.0946. The Balaban J connectivity index is 1.29. The molecule has 6 rings (SSSR count). The lowest BCUT2D eigenvalue weighted by atomic mass is 10.1. The maximum Gasteiger partial charge on any atom is 0.329 e. The van der Waals surface area contributed by atoms with Gasteiger partial charge in [-0.3, -0.25) is 15.0 Å². The van der Waals surface area contributed by atoms with Gasteiger partial charge in [-0.25, -0.2) is 19.7 Å². The van der Waals surface area contributed by atoms with Gasteiger partial charge in [0.2, 0.25) is 0 Å². The third-order valence-electron chi connectivity index (χ3n) is 6.22. The number of amides is 3. The Morgan fingerprint density at radius 3 is 2.82 bits per heavy atom. The highest BCUT2D eigenvalue weighted by molar-refractivity contribution is 6.05. The summed E-state index contributed by atoms with van der Waals surface area (Å²) in [7, 11) is 0. The Morgan fingerprint density at radius 1 is 1.15 bits per heavy atom. The number of nitrogens with one attached hydrogen (secondary N) is 2. The molecule has 0 radical (unpaired) electrons. The van der Waals surface area contributed by atoms with Crippen molar-refractivity contribution < 1.29 is 14.0 Å². The van der Waals surface area contributed by atoms with E-state index in [2.05, 4.69) is 30.5 Å². The van der Waals surface area contributed by atoms with Gasteiger partial charge >= 0.3 is 6.03 Å². The van der Waals surface area contributed by atoms with Crippen molar-refractivity contribution in [2.24, 2.45) is 0 Å². The van der Waals surface area contributed by atoms with Crippen LogP contribution in [0, 0.1) is 6.92 Å². The van der Waals surface area contributed by atoms with Gasteiger partial charge in [0.15, 0.2) is 17.5 Å². The number of rotatable bonds is 4. The van der Waals surface area contributed by atoms with E-state index in [1.165, 1.54) is 0 Å². The molecule has 1 aliphatic carbocycles. The van der Waals surface area contributed by atoms with Gasteiger partial charge in [-0.2, -0.15) is 0 Å². The quantitative estimate of drug-likeness (QED) is 0.634. The molecule has 168 valence electrons. The second kappa shape index (κ2) is 7.58. The molecule has 2 N–H and O–H groups in total. The highest BCUT2D eigenvalue weighted by Gasteiger charge is 2.40. The number of anilines is 3. The molecule has 2 fully saturated rings. The minimum absolute atomic E-state index is 0.0214. The van der Waals surface area contributed by atoms with E-state index in [1.807, 2.05) is 6.07 Å². The zero-order valence-electron chi connectivity index (χ0n) is 18.1. The van der Waals surface area contributed by atoms with E-state index in [0.717, 1.165) is 43.6 Å². The highest BCUT2D eigenvalue weighted by atomic mass is 16.4. The maximum atomic E-state index is 13.4. The number of fused-ring (bicyclic) bond motifs is 4. The van der Waals surface area contributed by atoms with Crippen LogP contribution in [0.3, 0.4) is 0 Å². The van der Waals surface area contributed by atoms with Crippen LogP contribution >= 0.6 is 0 Å². The van der Waals surface area contributed by atoms with Crippen LogP contribution in [0.4, 0.5) is 22.1 Å². The fourth-order valence-corrected chi connectivity index (χ4v) is 4.40. The van der Waals surface area contributed by atoms with Gasteiger partial charge < -0.3 is 14.6 Å². The number of pyridine rings is 2. The summed E-state index contributed by atoms with van der Waals surface area (Å²) in [4.78, 5) is 42.9. The lowest BCUT2D eigenvalue weighted by Gasteiger charge is -2.35. The first-order valence-electron chi connectivity index (χ1n) is 11.1. The van der Waals surface area contributed by atoms with Gasteiger partial charge in [-0.1, -0.05) is 0 Å². The minimum Gasteiger partial charge on any atom is -0.441 e. The third-order valence-corrected chi connectivity index (χ3v) is 6.22. The minimum atomic E-state index is -0.326. The Labute approximate surface area is 190 Å². The number of carbonyl (C=O) groups excluding carboxylic acids is 2. The Kier molecular flexibility index (Phi) is 4.53. The van der Waals surface area contributed by atoms with Gasteiger partial charge in [-0.05, 0) is 43.5 Å². The van der Waals surface area contributed by atoms with E-state index in [9.17, 15) is 9.59 Å². The predicted octanol–water partition coefficient (Wildman–Crippen LogP) is 2.96. The summed E-state index contributed by atoms with van der Waals surface area (Å²) in [5.41, 5.74) is 1.95. The maximum absolute atomic E-state index is 13.4. The molecule has 2 aliphatic heterocycles. The van der Waals surface area contributed by atoms with Crippen LogP contribution in [0.15, 0.2) is 41.1 Å². The molecular weight excluding hydrogens is 422 g/mol. The monoisotopic (exact) mass is 445 g/mol. The van der Waals surface area contributed by atoms with Crippen LogP contribution < -0.4 is 20.4 Å². The number of oxazole rings is 1. The number of carbonyl (C=O) groups is 2. The van der Waals surface area contributed by atoms with E-state index in [4.69, 9.17) is 4.42 Å². The molecule has 3 aromatic rings. The summed E-state index contributed by atoms with van der Waals surface area (Å²) in [6.07, 6.45) is 6.09. The summed E-state index contributed by atoms with van der Waals surface area (Å²) in [6.45, 7) is 3.36. The summed E-state index contributed by atoms with van der Waals surface area (Å²) < 4.78 is 5.58. The number of nitrogens with zero attached hydrogens (tertiary/aromatic N) is 5. The molecule has 3 aromatic heterocycles. The van der Waals surface area contributed by atoms with Crippen LogP contribution in [0.2, 0.25) is 0 Å². The largest absolute Gasteiger partial charge is 0.441 e. The molecule has 3 amide bonds. The number of aromatic nitrogens is 3. The second-order valence-corrected chi connectivity index (χ2v) is 8.65. The Morgan fingerprint density at radius 2 is 2.03 bits per heavy atom. The molecule has 1 saturated carbocycles. The van der Waals surface area contributed by atoms with Gasteiger partial charge in [0.25, 0.3) is 5.91 Å². The number of hydrogen-bond donors (Lipinski definition) is 2. The van der Waals surface area contributed by atoms with Gasteiger partial charge in [-0.15, -0.1) is 0 Å². The number of hydrogen-bond acceptors (Lipinski definition) is 7. The molecule has 1 saturated heterocycles. The van der Waals surface area contributed by atoms with Crippen molar-refractivity contribution in [2.45, 2.75) is 38.3 Å². The van der Waals surface area contributed by atoms with Crippen LogP contribution in [0.25, 0.3) is 11.3 Å². The van der Waals surface area contributed by atoms with Crippen LogP contribution in [0.1, 0.15) is 35.6 Å². The topological polar surface area (TPSA) is 116 Å². The smallest absolute Gasteiger partial charge is 0.329 e. The van der Waals surface area contributed by atoms with Crippen molar-refractivity contribution in [1.82, 2.24) is 20.3 Å². The van der Waals surface area contributed by atoms with Gasteiger partial charge in [0, 0.05) is 37.8 Å². The Bertz CT molecular complexity index is 1250. The average Bonchev–Trinajstić information content (AvgIpc) is 3.36. The van der Waals surface area contributed by atoms with Crippen molar-refractivity contribution in [3.63, 3.8) is 0 Å². The van der Waals surface area contributed by atoms with Crippen molar-refractivity contribution in [3.05, 3.63) is 48.2 Å². The standard InChI is InChI=1S/C23H23N7O3/c1-13-25-11-19(33-13)14-6-8-24-20(10-14)28-23(32)30-16-7-9-29(12-16)18-5-4-17(27-21(18)30)22(31)26-15-2-3-15/h4-6,8,10-11,15-16H,2-3,7,9,12H2,1H3,(H,26,31)(H,24,28,32). The van der Waals surface area contributed by atoms with E-state index in [-0.39, 0.29) is 24.0 Å². The highest BCUT2D eigenvalue weighted by Crippen LogP contribution is 2.39. The third kappa shape index (κ3) is 3.67. The SMILES string of the molecule is Cc1ncc(-c2ccnc(NC(=O)N3c4nc(C(=O)NC5CC5)ccc4N4CCC3C4)c2)o1. The molecule has 1 unspecified atom stereocenters. The first kappa shape index (κ1) is 19.7. The molecule has 10 heteroatoms. The molecule has 10 nitrogen and oxygen atoms in total. The zero-order valence-corrected chi connectivity index (χ0v) is 18.1. The van der Waals surface area contributed by atoms with Crippen molar-refractivity contribution in [3.8, 4) is 11.3 Å². The first-order valence-corrected chi connectivity index (χ1v) is 11.1. The summed E-state index contributed by atoms with van der Waals surface area (Å²) in [6, 6.07) is 7.05. The Hall–Kier alpha value is -3.95. The van der Waals surface area contributed by atoms with Crippen LogP contribution in [-0.4, -0.2) is 52.1 Å². The van der Waals surface area contributed by atoms with Crippen LogP contribution in [0.5, 0.6) is 0 Å². The van der Waals surface area contributed by atoms with Crippen molar-refractivity contribution in [1.29, 1.82) is 0 Å². The fraction of sp³-hybridized carbons (Fsp3) is 0.348. The van der Waals surface area contributed by atoms with E-state index >= 15 is 0 Å². The average molecular weight is 445 g/mol. The molecule has 0 spiro atoms. The fourth-order valence-electron chi connectivity index (χ4n) is 4.40. The number of urea groups is 1. The molecule has 2 bridgehead atoms. The molecular formula is C23H23N7O3. The van der Waals surface area contributed by atoms with Gasteiger partial charge in [0.1, 0.15) is 11.5 Å². The lowest BCUT2D eigenvalue weighted by Crippen LogP contribution is -2.48. The van der Waals surface area contributed by atoms with Gasteiger partial charge in [0.05, 0.1) is 17.9 Å². The first-order chi connectivity index (χ1) is 16.0. The summed E-state index contributed by atoms with van der Waals surface area (Å²) in [5, 5.41) is 5.86. The van der Waals surface area contributed by atoms with Crippen molar-refractivity contribution in [2.75, 3.05) is 28.2 Å². The van der Waals surface area contributed by atoms with Crippen LogP contribution in [-0.2, 0) is 0 Å². The second-order valence-electron chi connectivity index (χ2n) is 8.65. The van der Waals surface area contributed by atoms with E-state index in [1.54, 1.807) is 42.4 Å². The summed E-state index contributed by atoms with van der Waals surface area (Å²) >= 11 is 0. The molecule has 0 aromatic carbocycles. The van der Waals surface area contributed by atoms with E-state index in [0.29, 0.717) is 29.0 Å². The summed E-state index contributed by atoms with van der Waals surface area (Å²) in [5.74, 6) is 1.87. The molecule has 3 aliphatic rings. The molecule has 33 heavy (non-hydrogen) atoms. The molecule has 1 atom stereocenters. The molecule has 5 heterocycles. The normalized spacial score (nSPS) is 18.8. The zero-order chi connectivity index (χ0) is 22.5. The van der Waals surface area contributed by atoms with Crippen molar-refractivity contribution >= 4 is 29.3 Å². The number of aryl methyl sites for hydroxylation is 1. The predicted molar refractivity (Wildman–Crippen MR) is 121 cm³/mol. The van der Waals surface area contributed by atoms with E-state index < -0.39 is 0 Å².